The molecule has 5 heteroatoms. The van der Waals surface area contributed by atoms with Crippen LogP contribution in [0.5, 0.6) is 0 Å². The summed E-state index contributed by atoms with van der Waals surface area (Å²) >= 11 is -1.26. The van der Waals surface area contributed by atoms with Crippen LogP contribution in [0.3, 0.4) is 0 Å². The van der Waals surface area contributed by atoms with Gasteiger partial charge in [0.05, 0.1) is 6.21 Å². The van der Waals surface area contributed by atoms with Crippen molar-refractivity contribution in [3.8, 4) is 0 Å². The van der Waals surface area contributed by atoms with Crippen LogP contribution in [0.4, 0.5) is 8.78 Å². The molecule has 2 rings (SSSR count). The van der Waals surface area contributed by atoms with E-state index in [4.69, 9.17) is 0 Å². The molecule has 0 aromatic rings. The predicted molar refractivity (Wildman–Crippen MR) is 61.0 cm³/mol. The van der Waals surface area contributed by atoms with Crippen molar-refractivity contribution in [3.05, 3.63) is 0 Å². The topological polar surface area (TPSA) is 35.4 Å². The number of hydrogen-bond acceptors (Lipinski definition) is 2. The minimum Gasteiger partial charge on any atom is -0.591 e. The summed E-state index contributed by atoms with van der Waals surface area (Å²) in [6.45, 7) is 5.55. The molecule has 0 aliphatic heterocycles. The maximum absolute atomic E-state index is 12.9. The summed E-state index contributed by atoms with van der Waals surface area (Å²) < 4.78 is 41.0. The fraction of sp³-hybridized carbons (Fsp3) is 0.909. The van der Waals surface area contributed by atoms with E-state index in [-0.39, 0.29) is 35.3 Å². The van der Waals surface area contributed by atoms with E-state index in [9.17, 15) is 13.3 Å². The molecule has 0 bridgehead atoms. The van der Waals surface area contributed by atoms with Crippen LogP contribution in [0.25, 0.3) is 0 Å². The van der Waals surface area contributed by atoms with Crippen molar-refractivity contribution in [3.63, 3.8) is 0 Å². The summed E-state index contributed by atoms with van der Waals surface area (Å²) in [6, 6.07) is 0. The molecule has 2 nitrogen and oxygen atoms in total. The Balaban J connectivity index is 1.85. The normalized spacial score (nSPS) is 38.8. The monoisotopic (exact) mass is 249 g/mol. The Kier molecular flexibility index (Phi) is 2.82. The number of nitrogens with zero attached hydrogens (tertiary/aromatic N) is 1. The summed E-state index contributed by atoms with van der Waals surface area (Å²) in [7, 11) is 0. The van der Waals surface area contributed by atoms with Gasteiger partial charge in [0.25, 0.3) is 0 Å². The van der Waals surface area contributed by atoms with Crippen LogP contribution in [-0.4, -0.2) is 21.4 Å². The Bertz CT molecular complexity index is 300. The molecule has 0 N–H and O–H groups in total. The molecule has 0 saturated heterocycles. The fourth-order valence-corrected chi connectivity index (χ4v) is 2.89. The lowest BCUT2D eigenvalue weighted by atomic mass is 10.1. The standard InChI is InChI=1S/C11H17F2NOS/c1-10(2,3)16(15)14-6-9-7-4-11(12,13)5-8(7)9/h6-9H,4-5H2,1-3H3/t7-,8+,9?,16?. The predicted octanol–water partition coefficient (Wildman–Crippen LogP) is 2.81. The zero-order valence-electron chi connectivity index (χ0n) is 9.74. The van der Waals surface area contributed by atoms with Crippen LogP contribution in [0.2, 0.25) is 0 Å². The van der Waals surface area contributed by atoms with Gasteiger partial charge in [0.1, 0.15) is 16.1 Å². The zero-order valence-corrected chi connectivity index (χ0v) is 10.6. The van der Waals surface area contributed by atoms with E-state index in [2.05, 4.69) is 4.40 Å². The van der Waals surface area contributed by atoms with Crippen LogP contribution in [0.1, 0.15) is 33.6 Å². The average Bonchev–Trinajstić information content (AvgIpc) is 2.57. The van der Waals surface area contributed by atoms with Crippen molar-refractivity contribution in [1.29, 1.82) is 0 Å². The van der Waals surface area contributed by atoms with Gasteiger partial charge in [-0.15, -0.1) is 0 Å². The molecule has 0 spiro atoms. The van der Waals surface area contributed by atoms with Gasteiger partial charge in [-0.25, -0.2) is 8.78 Å². The molecule has 92 valence electrons. The Labute approximate surface area is 97.8 Å². The van der Waals surface area contributed by atoms with Gasteiger partial charge in [-0.05, 0) is 32.6 Å². The Morgan fingerprint density at radius 2 is 1.81 bits per heavy atom. The van der Waals surface area contributed by atoms with Gasteiger partial charge in [0.15, 0.2) is 0 Å². The fourth-order valence-electron chi connectivity index (χ4n) is 2.33. The summed E-state index contributed by atoms with van der Waals surface area (Å²) in [5, 5.41) is 0. The molecule has 0 aromatic heterocycles. The van der Waals surface area contributed by atoms with Crippen LogP contribution in [-0.2, 0) is 11.4 Å². The van der Waals surface area contributed by atoms with E-state index >= 15 is 0 Å². The molecule has 0 radical (unpaired) electrons. The SMILES string of the molecule is CC(C)(C)[S+]([O-])N=CC1[C@H]2CC(F)(F)C[C@@H]12. The number of alkyl halides is 2. The van der Waals surface area contributed by atoms with E-state index in [1.165, 1.54) is 0 Å². The lowest BCUT2D eigenvalue weighted by Gasteiger charge is -2.18. The molecule has 2 unspecified atom stereocenters. The molecule has 2 saturated carbocycles. The third-order valence-corrected chi connectivity index (χ3v) is 4.68. The first-order valence-corrected chi connectivity index (χ1v) is 6.65. The third-order valence-electron chi connectivity index (χ3n) is 3.32. The molecular formula is C11H17F2NOS. The number of fused-ring (bicyclic) bond motifs is 1. The van der Waals surface area contributed by atoms with Crippen LogP contribution in [0.15, 0.2) is 4.40 Å². The van der Waals surface area contributed by atoms with Crippen molar-refractivity contribution in [2.75, 3.05) is 0 Å². The zero-order chi connectivity index (χ0) is 12.1. The molecular weight excluding hydrogens is 232 g/mol. The van der Waals surface area contributed by atoms with Gasteiger partial charge in [0.2, 0.25) is 5.92 Å². The Morgan fingerprint density at radius 3 is 2.25 bits per heavy atom. The first-order chi connectivity index (χ1) is 7.21. The van der Waals surface area contributed by atoms with Crippen molar-refractivity contribution in [2.45, 2.75) is 44.3 Å². The second-order valence-electron chi connectivity index (χ2n) is 5.79. The van der Waals surface area contributed by atoms with E-state index < -0.39 is 17.3 Å². The van der Waals surface area contributed by atoms with Gasteiger partial charge < -0.3 is 4.55 Å². The van der Waals surface area contributed by atoms with Crippen LogP contribution >= 0.6 is 0 Å². The minimum atomic E-state index is -2.47. The molecule has 2 aliphatic rings. The average molecular weight is 249 g/mol. The molecule has 2 aliphatic carbocycles. The highest BCUT2D eigenvalue weighted by Crippen LogP contribution is 2.61. The van der Waals surface area contributed by atoms with Crippen LogP contribution in [0, 0.1) is 17.8 Å². The second-order valence-corrected chi connectivity index (χ2v) is 7.72. The van der Waals surface area contributed by atoms with E-state index in [1.807, 2.05) is 20.8 Å². The van der Waals surface area contributed by atoms with Gasteiger partial charge in [-0.3, -0.25) is 0 Å². The summed E-state index contributed by atoms with van der Waals surface area (Å²) in [5.41, 5.74) is 0. The molecule has 4 atom stereocenters. The lowest BCUT2D eigenvalue weighted by molar-refractivity contribution is -0.00557. The van der Waals surface area contributed by atoms with Crippen molar-refractivity contribution in [2.24, 2.45) is 22.2 Å². The van der Waals surface area contributed by atoms with Crippen molar-refractivity contribution < 1.29 is 13.3 Å². The van der Waals surface area contributed by atoms with Gasteiger partial charge in [-0.1, -0.05) is 4.40 Å². The minimum absolute atomic E-state index is 0.0174. The maximum atomic E-state index is 12.9. The highest BCUT2D eigenvalue weighted by molar-refractivity contribution is 7.91. The molecule has 0 amide bonds. The number of hydrogen-bond donors (Lipinski definition) is 0. The highest BCUT2D eigenvalue weighted by atomic mass is 32.2. The van der Waals surface area contributed by atoms with Gasteiger partial charge in [-0.2, -0.15) is 0 Å². The number of rotatable bonds is 2. The van der Waals surface area contributed by atoms with Gasteiger partial charge in [0, 0.05) is 18.8 Å². The Hall–Kier alpha value is -0.160. The lowest BCUT2D eigenvalue weighted by Crippen LogP contribution is -2.26. The second kappa shape index (κ2) is 3.67. The molecule has 16 heavy (non-hydrogen) atoms. The first kappa shape index (κ1) is 12.3. The van der Waals surface area contributed by atoms with Crippen LogP contribution < -0.4 is 0 Å². The van der Waals surface area contributed by atoms with Crippen molar-refractivity contribution >= 4 is 17.6 Å². The van der Waals surface area contributed by atoms with E-state index in [0.29, 0.717) is 0 Å². The third kappa shape index (κ3) is 2.40. The van der Waals surface area contributed by atoms with Gasteiger partial charge >= 0.3 is 0 Å². The quantitative estimate of drug-likeness (QED) is 0.547. The molecule has 0 aromatic carbocycles. The summed E-state index contributed by atoms with van der Waals surface area (Å²) in [5.74, 6) is -2.17. The summed E-state index contributed by atoms with van der Waals surface area (Å²) in [6.07, 6.45) is 1.61. The Morgan fingerprint density at radius 1 is 1.31 bits per heavy atom. The van der Waals surface area contributed by atoms with Crippen molar-refractivity contribution in [1.82, 2.24) is 0 Å². The highest BCUT2D eigenvalue weighted by Gasteiger charge is 2.62. The molecule has 0 heterocycles. The smallest absolute Gasteiger partial charge is 0.248 e. The first-order valence-electron chi connectivity index (χ1n) is 5.55. The maximum Gasteiger partial charge on any atom is 0.248 e. The number of halogens is 2. The molecule has 2 fully saturated rings. The van der Waals surface area contributed by atoms with E-state index in [0.717, 1.165) is 0 Å². The van der Waals surface area contributed by atoms with E-state index in [1.54, 1.807) is 6.21 Å². The largest absolute Gasteiger partial charge is 0.591 e. The summed E-state index contributed by atoms with van der Waals surface area (Å²) in [4.78, 5) is 0.